The molecule has 4 nitrogen and oxygen atoms in total. The Hall–Kier alpha value is -2.60. The van der Waals surface area contributed by atoms with Crippen LogP contribution in [0.1, 0.15) is 23.7 Å². The second-order valence-electron chi connectivity index (χ2n) is 5.18. The number of aryl methyl sites for hydroxylation is 1. The third kappa shape index (κ3) is 3.05. The lowest BCUT2D eigenvalue weighted by molar-refractivity contribution is 0.181. The first-order valence-electron chi connectivity index (χ1n) is 7.31. The van der Waals surface area contributed by atoms with Crippen LogP contribution in [-0.2, 0) is 11.3 Å². The summed E-state index contributed by atoms with van der Waals surface area (Å²) in [5, 5.41) is 4.11. The van der Waals surface area contributed by atoms with Crippen LogP contribution in [0.25, 0.3) is 16.3 Å². The zero-order valence-corrected chi connectivity index (χ0v) is 13.9. The minimum atomic E-state index is -0.586. The van der Waals surface area contributed by atoms with E-state index in [0.717, 1.165) is 6.07 Å². The highest BCUT2D eigenvalue weighted by atomic mass is 19.1. The molecule has 0 spiro atoms. The molecule has 0 aliphatic heterocycles. The van der Waals surface area contributed by atoms with Gasteiger partial charge in [-0.2, -0.15) is 5.10 Å². The van der Waals surface area contributed by atoms with Gasteiger partial charge in [0.2, 0.25) is 0 Å². The maximum absolute atomic E-state index is 15.0. The number of methoxy groups -OCH3 is 1. The average molecular weight is 331 g/mol. The lowest BCUT2D eigenvalue weighted by Crippen LogP contribution is -2.05. The van der Waals surface area contributed by atoms with Crippen LogP contribution in [0.5, 0.6) is 0 Å². The number of aromatic nitrogens is 1. The van der Waals surface area contributed by atoms with E-state index < -0.39 is 11.6 Å². The van der Waals surface area contributed by atoms with Crippen molar-refractivity contribution in [2.75, 3.05) is 12.5 Å². The van der Waals surface area contributed by atoms with E-state index in [1.165, 1.54) is 19.4 Å². The molecular formula is C18H19F2N3O. The third-order valence-corrected chi connectivity index (χ3v) is 3.63. The summed E-state index contributed by atoms with van der Waals surface area (Å²) in [7, 11) is 1.43. The Kier molecular flexibility index (Phi) is 5.41. The van der Waals surface area contributed by atoms with Gasteiger partial charge in [0.1, 0.15) is 11.6 Å². The molecule has 0 unspecified atom stereocenters. The molecule has 0 saturated heterocycles. The summed E-state index contributed by atoms with van der Waals surface area (Å²) in [5.41, 5.74) is 3.93. The number of anilines is 1. The molecule has 0 atom stereocenters. The fraction of sp³-hybridized carbons (Fsp3) is 0.222. The number of nitrogens with zero attached hydrogens (tertiary/aromatic N) is 2. The van der Waals surface area contributed by atoms with Gasteiger partial charge in [-0.05, 0) is 25.5 Å². The Morgan fingerprint density at radius 2 is 2.12 bits per heavy atom. The molecule has 2 aromatic rings. The summed E-state index contributed by atoms with van der Waals surface area (Å²) in [6.07, 6.45) is 2.98. The molecule has 2 rings (SSSR count). The summed E-state index contributed by atoms with van der Waals surface area (Å²) in [5.74, 6) is -0.807. The lowest BCUT2D eigenvalue weighted by atomic mass is 9.98. The summed E-state index contributed by atoms with van der Waals surface area (Å²) >= 11 is 0. The number of fused-ring (bicyclic) bond motifs is 1. The van der Waals surface area contributed by atoms with E-state index in [4.69, 9.17) is 4.74 Å². The number of ether oxygens (including phenoxy) is 1. The van der Waals surface area contributed by atoms with E-state index in [-0.39, 0.29) is 28.6 Å². The van der Waals surface area contributed by atoms with E-state index in [1.54, 1.807) is 13.8 Å². The number of hydrogen-bond acceptors (Lipinski definition) is 4. The maximum Gasteiger partial charge on any atom is 0.150 e. The molecule has 0 aliphatic rings. The van der Waals surface area contributed by atoms with Gasteiger partial charge in [-0.25, -0.2) is 13.8 Å². The predicted octanol–water partition coefficient (Wildman–Crippen LogP) is 4.58. The van der Waals surface area contributed by atoms with Gasteiger partial charge in [0.25, 0.3) is 0 Å². The molecule has 1 N–H and O–H groups in total. The monoisotopic (exact) mass is 331 g/mol. The van der Waals surface area contributed by atoms with E-state index in [1.807, 2.05) is 0 Å². The molecule has 0 fully saturated rings. The van der Waals surface area contributed by atoms with Crippen molar-refractivity contribution < 1.29 is 13.5 Å². The highest BCUT2D eigenvalue weighted by molar-refractivity contribution is 5.98. The number of rotatable bonds is 6. The Labute approximate surface area is 139 Å². The highest BCUT2D eigenvalue weighted by Crippen LogP contribution is 2.35. The summed E-state index contributed by atoms with van der Waals surface area (Å²) in [6, 6.07) is 1.12. The van der Waals surface area contributed by atoms with Gasteiger partial charge in [-0.15, -0.1) is 0 Å². The number of halogens is 2. The zero-order valence-electron chi connectivity index (χ0n) is 13.9. The average Bonchev–Trinajstić information content (AvgIpc) is 2.57. The van der Waals surface area contributed by atoms with Crippen LogP contribution < -0.4 is 5.43 Å². The minimum Gasteiger partial charge on any atom is -0.380 e. The number of hydrogen-bond donors (Lipinski definition) is 1. The van der Waals surface area contributed by atoms with Crippen LogP contribution in [0.4, 0.5) is 14.6 Å². The van der Waals surface area contributed by atoms with Crippen molar-refractivity contribution in [2.24, 2.45) is 5.10 Å². The molecule has 6 heteroatoms. The number of allylic oxidation sites excluding steroid dienone is 2. The molecule has 0 amide bonds. The Morgan fingerprint density at radius 1 is 1.42 bits per heavy atom. The fourth-order valence-corrected chi connectivity index (χ4v) is 2.46. The standard InChI is InChI=1S/C18H19F2N3O/c1-6-10(3)17-15-13(19)8-12(9-24-5)16(20)14(15)11(4)18(22-17)23-21-7-2/h6-8H,1,3,9H2,2,4-5H3,(H,22,23)/b21-7+. The second kappa shape index (κ2) is 7.31. The van der Waals surface area contributed by atoms with Crippen LogP contribution in [0.2, 0.25) is 0 Å². The van der Waals surface area contributed by atoms with Gasteiger partial charge in [0, 0.05) is 35.2 Å². The molecule has 126 valence electrons. The molecule has 24 heavy (non-hydrogen) atoms. The summed E-state index contributed by atoms with van der Waals surface area (Å²) in [4.78, 5) is 4.35. The largest absolute Gasteiger partial charge is 0.380 e. The van der Waals surface area contributed by atoms with Crippen molar-refractivity contribution in [2.45, 2.75) is 20.5 Å². The van der Waals surface area contributed by atoms with E-state index in [9.17, 15) is 8.78 Å². The fourth-order valence-electron chi connectivity index (χ4n) is 2.46. The zero-order chi connectivity index (χ0) is 17.9. The van der Waals surface area contributed by atoms with Crippen LogP contribution in [0.15, 0.2) is 30.4 Å². The minimum absolute atomic E-state index is 0.0337. The van der Waals surface area contributed by atoms with Crippen LogP contribution in [0, 0.1) is 18.6 Å². The first kappa shape index (κ1) is 17.7. The lowest BCUT2D eigenvalue weighted by Gasteiger charge is -2.16. The molecule has 0 bridgehead atoms. The van der Waals surface area contributed by atoms with Crippen molar-refractivity contribution in [3.8, 4) is 0 Å². The topological polar surface area (TPSA) is 46.5 Å². The first-order valence-corrected chi connectivity index (χ1v) is 7.31. The van der Waals surface area contributed by atoms with Crippen LogP contribution >= 0.6 is 0 Å². The number of benzene rings is 1. The predicted molar refractivity (Wildman–Crippen MR) is 94.1 cm³/mol. The Bertz CT molecular complexity index is 844. The molecule has 1 aromatic carbocycles. The normalized spacial score (nSPS) is 11.2. The van der Waals surface area contributed by atoms with Crippen LogP contribution in [0.3, 0.4) is 0 Å². The van der Waals surface area contributed by atoms with Gasteiger partial charge in [-0.1, -0.05) is 19.2 Å². The van der Waals surface area contributed by atoms with Gasteiger partial charge in [0.15, 0.2) is 5.82 Å². The van der Waals surface area contributed by atoms with Crippen LogP contribution in [-0.4, -0.2) is 18.3 Å². The van der Waals surface area contributed by atoms with Gasteiger partial charge >= 0.3 is 0 Å². The first-order chi connectivity index (χ1) is 11.5. The van der Waals surface area contributed by atoms with Crippen molar-refractivity contribution in [3.63, 3.8) is 0 Å². The van der Waals surface area contributed by atoms with Gasteiger partial charge in [0.05, 0.1) is 12.3 Å². The molecule has 0 radical (unpaired) electrons. The SMILES string of the molecule is C=CC(=C)c1nc(N/N=C/C)c(C)c2c(F)c(COC)cc(F)c12. The molecule has 0 aliphatic carbocycles. The summed E-state index contributed by atoms with van der Waals surface area (Å²) < 4.78 is 34.6. The van der Waals surface area contributed by atoms with E-state index in [2.05, 4.69) is 28.7 Å². The molecular weight excluding hydrogens is 312 g/mol. The smallest absolute Gasteiger partial charge is 0.150 e. The maximum atomic E-state index is 15.0. The number of nitrogens with one attached hydrogen (secondary N) is 1. The van der Waals surface area contributed by atoms with Crippen molar-refractivity contribution in [1.82, 2.24) is 4.98 Å². The van der Waals surface area contributed by atoms with Crippen molar-refractivity contribution in [1.29, 1.82) is 0 Å². The molecule has 1 heterocycles. The molecule has 0 saturated carbocycles. The van der Waals surface area contributed by atoms with Crippen molar-refractivity contribution in [3.05, 3.63) is 53.8 Å². The quantitative estimate of drug-likeness (QED) is 0.478. The van der Waals surface area contributed by atoms with Crippen molar-refractivity contribution >= 4 is 28.4 Å². The second-order valence-corrected chi connectivity index (χ2v) is 5.18. The van der Waals surface area contributed by atoms with E-state index in [0.29, 0.717) is 17.0 Å². The summed E-state index contributed by atoms with van der Waals surface area (Å²) in [6.45, 7) is 10.8. The Morgan fingerprint density at radius 3 is 2.71 bits per heavy atom. The van der Waals surface area contributed by atoms with E-state index >= 15 is 0 Å². The highest BCUT2D eigenvalue weighted by Gasteiger charge is 2.21. The van der Waals surface area contributed by atoms with Gasteiger partial charge < -0.3 is 4.74 Å². The number of pyridine rings is 1. The molecule has 1 aromatic heterocycles. The number of hydrazone groups is 1. The third-order valence-electron chi connectivity index (χ3n) is 3.63. The Balaban J connectivity index is 2.94. The van der Waals surface area contributed by atoms with Gasteiger partial charge in [-0.3, -0.25) is 5.43 Å².